The van der Waals surface area contributed by atoms with Gasteiger partial charge in [0, 0.05) is 54.0 Å². The summed E-state index contributed by atoms with van der Waals surface area (Å²) in [6, 6.07) is 70.4. The maximum absolute atomic E-state index is 2.42. The van der Waals surface area contributed by atoms with Gasteiger partial charge >= 0.3 is 0 Å². The Hall–Kier alpha value is -6.42. The fourth-order valence-corrected chi connectivity index (χ4v) is 8.73. The molecule has 1 heterocycles. The number of benzene rings is 9. The van der Waals surface area contributed by atoms with E-state index in [9.17, 15) is 0 Å². The molecule has 0 atom stereocenters. The molecule has 0 spiro atoms. The van der Waals surface area contributed by atoms with Crippen molar-refractivity contribution in [3.63, 3.8) is 0 Å². The fraction of sp³-hybridized carbons (Fsp3) is 0. The molecule has 10 aromatic rings. The summed E-state index contributed by atoms with van der Waals surface area (Å²) >= 11 is 1.87. The minimum Gasteiger partial charge on any atom is -0.310 e. The summed E-state index contributed by atoms with van der Waals surface area (Å²) in [7, 11) is 0. The van der Waals surface area contributed by atoms with Crippen molar-refractivity contribution in [2.45, 2.75) is 0 Å². The minimum atomic E-state index is 1.13. The maximum atomic E-state index is 2.42. The van der Waals surface area contributed by atoms with Gasteiger partial charge in [-0.3, -0.25) is 0 Å². The van der Waals surface area contributed by atoms with Crippen LogP contribution in [0, 0.1) is 0 Å². The van der Waals surface area contributed by atoms with Crippen LogP contribution in [0.5, 0.6) is 0 Å². The number of anilines is 6. The molecule has 0 amide bonds. The van der Waals surface area contributed by atoms with Crippen LogP contribution in [0.15, 0.2) is 194 Å². The van der Waals surface area contributed by atoms with Crippen molar-refractivity contribution in [3.8, 4) is 0 Å². The molecule has 1 aromatic heterocycles. The number of fused-ring (bicyclic) bond motifs is 7. The number of para-hydroxylation sites is 2. The van der Waals surface area contributed by atoms with Gasteiger partial charge in [0.1, 0.15) is 0 Å². The van der Waals surface area contributed by atoms with Gasteiger partial charge in [-0.25, -0.2) is 0 Å². The molecule has 0 N–H and O–H groups in total. The van der Waals surface area contributed by atoms with Crippen molar-refractivity contribution in [1.29, 1.82) is 0 Å². The van der Waals surface area contributed by atoms with Gasteiger partial charge in [-0.05, 0) is 99.7 Å². The van der Waals surface area contributed by atoms with Gasteiger partial charge in [-0.15, -0.1) is 11.3 Å². The van der Waals surface area contributed by atoms with E-state index in [2.05, 4.69) is 204 Å². The molecule has 0 bridgehead atoms. The van der Waals surface area contributed by atoms with Gasteiger partial charge in [0.05, 0.1) is 5.69 Å². The molecule has 0 aliphatic rings. The monoisotopic (exact) mass is 668 g/mol. The standard InChI is InChI=1S/C48H32N2S/c1-3-17-37(18-4-1)49(39-25-23-33-13-7-9-15-35(33)29-39)41-27-28-46-44(31-41)48-43-22-12-11-21-42(43)45(32-47(48)51-46)50(38-19-5-2-6-20-38)40-26-24-34-14-8-10-16-36(34)30-40/h1-32H. The second-order valence-corrected chi connectivity index (χ2v) is 14.1. The number of thiophene rings is 1. The fourth-order valence-electron chi connectivity index (χ4n) is 7.59. The van der Waals surface area contributed by atoms with Crippen LogP contribution in [0.3, 0.4) is 0 Å². The molecule has 10 rings (SSSR count). The molecule has 0 saturated heterocycles. The summed E-state index contributed by atoms with van der Waals surface area (Å²) in [6.45, 7) is 0. The van der Waals surface area contributed by atoms with Crippen LogP contribution >= 0.6 is 11.3 Å². The van der Waals surface area contributed by atoms with E-state index in [1.54, 1.807) is 0 Å². The van der Waals surface area contributed by atoms with Crippen LogP contribution in [0.2, 0.25) is 0 Å². The lowest BCUT2D eigenvalue weighted by molar-refractivity contribution is 1.30. The Labute approximate surface area is 300 Å². The average Bonchev–Trinajstić information content (AvgIpc) is 3.57. The molecular weight excluding hydrogens is 637 g/mol. The molecule has 2 nitrogen and oxygen atoms in total. The molecule has 0 aliphatic heterocycles. The largest absolute Gasteiger partial charge is 0.310 e. The Morgan fingerprint density at radius 2 is 0.784 bits per heavy atom. The first-order valence-electron chi connectivity index (χ1n) is 17.3. The van der Waals surface area contributed by atoms with E-state index < -0.39 is 0 Å². The summed E-state index contributed by atoms with van der Waals surface area (Å²) in [5.74, 6) is 0. The molecule has 0 saturated carbocycles. The first kappa shape index (κ1) is 29.5. The Morgan fingerprint density at radius 1 is 0.294 bits per heavy atom. The maximum Gasteiger partial charge on any atom is 0.0554 e. The summed E-state index contributed by atoms with van der Waals surface area (Å²) in [5.41, 5.74) is 6.86. The van der Waals surface area contributed by atoms with Crippen LogP contribution in [0.4, 0.5) is 34.1 Å². The summed E-state index contributed by atoms with van der Waals surface area (Å²) in [6.07, 6.45) is 0. The van der Waals surface area contributed by atoms with Crippen molar-refractivity contribution in [1.82, 2.24) is 0 Å². The minimum absolute atomic E-state index is 1.13. The normalized spacial score (nSPS) is 11.5. The highest BCUT2D eigenvalue weighted by Crippen LogP contribution is 2.48. The van der Waals surface area contributed by atoms with Gasteiger partial charge in [0.25, 0.3) is 0 Å². The molecule has 3 heteroatoms. The second-order valence-electron chi connectivity index (χ2n) is 13.0. The van der Waals surface area contributed by atoms with Crippen molar-refractivity contribution < 1.29 is 0 Å². The SMILES string of the molecule is c1ccc(N(c2ccc3ccccc3c2)c2ccc3sc4cc(N(c5ccccc5)c5ccc6ccccc6c5)c5ccccc5c4c3c2)cc1. The molecular formula is C48H32N2S. The molecule has 0 radical (unpaired) electrons. The van der Waals surface area contributed by atoms with E-state index in [1.165, 1.54) is 58.2 Å². The highest BCUT2D eigenvalue weighted by atomic mass is 32.1. The zero-order valence-electron chi connectivity index (χ0n) is 27.8. The third-order valence-electron chi connectivity index (χ3n) is 9.95. The molecule has 0 unspecified atom stereocenters. The van der Waals surface area contributed by atoms with Gasteiger partial charge in [-0.2, -0.15) is 0 Å². The van der Waals surface area contributed by atoms with Crippen LogP contribution in [-0.2, 0) is 0 Å². The van der Waals surface area contributed by atoms with E-state index in [-0.39, 0.29) is 0 Å². The van der Waals surface area contributed by atoms with Crippen LogP contribution in [-0.4, -0.2) is 0 Å². The van der Waals surface area contributed by atoms with E-state index in [0.29, 0.717) is 0 Å². The van der Waals surface area contributed by atoms with Crippen LogP contribution in [0.1, 0.15) is 0 Å². The van der Waals surface area contributed by atoms with Gasteiger partial charge in [0.15, 0.2) is 0 Å². The summed E-state index contributed by atoms with van der Waals surface area (Å²) < 4.78 is 2.55. The van der Waals surface area contributed by atoms with E-state index in [4.69, 9.17) is 0 Å². The lowest BCUT2D eigenvalue weighted by Crippen LogP contribution is -2.10. The Kier molecular flexibility index (Phi) is 7.04. The highest BCUT2D eigenvalue weighted by Gasteiger charge is 2.21. The third kappa shape index (κ3) is 5.10. The molecule has 51 heavy (non-hydrogen) atoms. The average molecular weight is 669 g/mol. The molecule has 9 aromatic carbocycles. The summed E-state index contributed by atoms with van der Waals surface area (Å²) in [5, 5.41) is 9.99. The Balaban J connectivity index is 1.20. The van der Waals surface area contributed by atoms with Crippen LogP contribution in [0.25, 0.3) is 52.5 Å². The number of nitrogens with zero attached hydrogens (tertiary/aromatic N) is 2. The van der Waals surface area contributed by atoms with E-state index in [0.717, 1.165) is 28.4 Å². The Morgan fingerprint density at radius 3 is 1.43 bits per heavy atom. The third-order valence-corrected chi connectivity index (χ3v) is 11.1. The molecule has 0 aliphatic carbocycles. The Bertz CT molecular complexity index is 2880. The highest BCUT2D eigenvalue weighted by molar-refractivity contribution is 7.26. The van der Waals surface area contributed by atoms with Gasteiger partial charge in [-0.1, -0.05) is 121 Å². The number of hydrogen-bond acceptors (Lipinski definition) is 3. The van der Waals surface area contributed by atoms with Crippen molar-refractivity contribution in [2.24, 2.45) is 0 Å². The predicted octanol–water partition coefficient (Wildman–Crippen LogP) is 14.5. The predicted molar refractivity (Wildman–Crippen MR) is 221 cm³/mol. The van der Waals surface area contributed by atoms with Crippen molar-refractivity contribution in [2.75, 3.05) is 9.80 Å². The van der Waals surface area contributed by atoms with Crippen molar-refractivity contribution in [3.05, 3.63) is 194 Å². The molecule has 0 fully saturated rings. The first-order chi connectivity index (χ1) is 25.3. The second kappa shape index (κ2) is 12.2. The smallest absolute Gasteiger partial charge is 0.0554 e. The van der Waals surface area contributed by atoms with Gasteiger partial charge in [0.2, 0.25) is 0 Å². The van der Waals surface area contributed by atoms with Crippen molar-refractivity contribution >= 4 is 98.0 Å². The quantitative estimate of drug-likeness (QED) is 0.174. The lowest BCUT2D eigenvalue weighted by atomic mass is 10.00. The first-order valence-corrected chi connectivity index (χ1v) is 18.2. The zero-order chi connectivity index (χ0) is 33.7. The van der Waals surface area contributed by atoms with E-state index >= 15 is 0 Å². The van der Waals surface area contributed by atoms with Crippen LogP contribution < -0.4 is 9.80 Å². The topological polar surface area (TPSA) is 6.48 Å². The lowest BCUT2D eigenvalue weighted by Gasteiger charge is -2.27. The zero-order valence-corrected chi connectivity index (χ0v) is 28.6. The number of hydrogen-bond donors (Lipinski definition) is 0. The van der Waals surface area contributed by atoms with Gasteiger partial charge < -0.3 is 9.80 Å². The molecule has 240 valence electrons. The van der Waals surface area contributed by atoms with E-state index in [1.807, 2.05) is 11.3 Å². The summed E-state index contributed by atoms with van der Waals surface area (Å²) in [4.78, 5) is 4.80. The number of rotatable bonds is 6.